The van der Waals surface area contributed by atoms with Crippen molar-refractivity contribution < 1.29 is 14.6 Å². The molecule has 0 aliphatic carbocycles. The minimum Gasteiger partial charge on any atom is -0.466 e. The van der Waals surface area contributed by atoms with Crippen molar-refractivity contribution in [1.82, 2.24) is 4.57 Å². The van der Waals surface area contributed by atoms with Crippen LogP contribution in [0.15, 0.2) is 30.5 Å². The molecule has 1 aromatic heterocycles. The van der Waals surface area contributed by atoms with Crippen LogP contribution in [0.3, 0.4) is 0 Å². The quantitative estimate of drug-likeness (QED) is 0.857. The summed E-state index contributed by atoms with van der Waals surface area (Å²) in [6.45, 7) is 2.37. The number of para-hydroxylation sites is 1. The maximum absolute atomic E-state index is 11.3. The highest BCUT2D eigenvalue weighted by molar-refractivity contribution is 6.35. The zero-order valence-corrected chi connectivity index (χ0v) is 11.4. The van der Waals surface area contributed by atoms with Gasteiger partial charge < -0.3 is 14.4 Å². The van der Waals surface area contributed by atoms with Crippen LogP contribution >= 0.6 is 11.6 Å². The van der Waals surface area contributed by atoms with Gasteiger partial charge in [-0.15, -0.1) is 0 Å². The third kappa shape index (κ3) is 3.28. The molecule has 0 saturated carbocycles. The Hall–Kier alpha value is -1.52. The Kier molecular flexibility index (Phi) is 4.45. The van der Waals surface area contributed by atoms with E-state index in [9.17, 15) is 9.90 Å². The monoisotopic (exact) mass is 281 g/mol. The van der Waals surface area contributed by atoms with E-state index >= 15 is 0 Å². The molecule has 0 fully saturated rings. The second-order valence-electron chi connectivity index (χ2n) is 4.31. The topological polar surface area (TPSA) is 51.5 Å². The van der Waals surface area contributed by atoms with E-state index in [-0.39, 0.29) is 6.42 Å². The molecule has 19 heavy (non-hydrogen) atoms. The van der Waals surface area contributed by atoms with Gasteiger partial charge in [-0.2, -0.15) is 0 Å². The van der Waals surface area contributed by atoms with Crippen LogP contribution in [0.5, 0.6) is 0 Å². The Labute approximate surface area is 116 Å². The highest BCUT2D eigenvalue weighted by atomic mass is 35.5. The molecule has 1 unspecified atom stereocenters. The van der Waals surface area contributed by atoms with Gasteiger partial charge in [0.15, 0.2) is 0 Å². The summed E-state index contributed by atoms with van der Waals surface area (Å²) in [5, 5.41) is 11.5. The van der Waals surface area contributed by atoms with E-state index in [1.807, 2.05) is 29.0 Å². The molecule has 0 saturated heterocycles. The maximum atomic E-state index is 11.3. The standard InChI is InChI=1S/C14H16ClNO3/c1-2-19-13(18)8-11(17)9-16-7-6-10-4-3-5-12(15)14(10)16/h3-7,11,17H,2,8-9H2,1H3. The van der Waals surface area contributed by atoms with Gasteiger partial charge in [-0.05, 0) is 19.1 Å². The molecule has 102 valence electrons. The number of ether oxygens (including phenoxy) is 1. The normalized spacial score (nSPS) is 12.6. The lowest BCUT2D eigenvalue weighted by atomic mass is 10.2. The SMILES string of the molecule is CCOC(=O)CC(O)Cn1ccc2cccc(Cl)c21. The van der Waals surface area contributed by atoms with Crippen LogP contribution in [0.25, 0.3) is 10.9 Å². The molecular formula is C14H16ClNO3. The average Bonchev–Trinajstić information content (AvgIpc) is 2.74. The molecule has 1 aromatic carbocycles. The molecule has 0 aliphatic heterocycles. The average molecular weight is 282 g/mol. The summed E-state index contributed by atoms with van der Waals surface area (Å²) < 4.78 is 6.66. The number of rotatable bonds is 5. The molecule has 1 atom stereocenters. The van der Waals surface area contributed by atoms with Crippen molar-refractivity contribution in [1.29, 1.82) is 0 Å². The Balaban J connectivity index is 2.11. The Morgan fingerprint density at radius 1 is 1.47 bits per heavy atom. The molecule has 2 aromatic rings. The van der Waals surface area contributed by atoms with Crippen molar-refractivity contribution in [2.75, 3.05) is 6.61 Å². The number of aliphatic hydroxyl groups is 1. The van der Waals surface area contributed by atoms with Crippen LogP contribution in [0.1, 0.15) is 13.3 Å². The molecule has 0 radical (unpaired) electrons. The number of carbonyl (C=O) groups excluding carboxylic acids is 1. The first-order valence-electron chi connectivity index (χ1n) is 6.19. The number of benzene rings is 1. The Morgan fingerprint density at radius 2 is 2.26 bits per heavy atom. The fourth-order valence-electron chi connectivity index (χ4n) is 2.07. The van der Waals surface area contributed by atoms with Crippen molar-refractivity contribution in [2.24, 2.45) is 0 Å². The predicted octanol–water partition coefficient (Wildman–Crippen LogP) is 2.61. The molecule has 2 rings (SSSR count). The lowest BCUT2D eigenvalue weighted by Gasteiger charge is -2.12. The van der Waals surface area contributed by atoms with Crippen molar-refractivity contribution in [3.63, 3.8) is 0 Å². The fraction of sp³-hybridized carbons (Fsp3) is 0.357. The number of halogens is 1. The van der Waals surface area contributed by atoms with Gasteiger partial charge in [-0.25, -0.2) is 0 Å². The number of hydrogen-bond donors (Lipinski definition) is 1. The van der Waals surface area contributed by atoms with Crippen LogP contribution in [0.2, 0.25) is 5.02 Å². The van der Waals surface area contributed by atoms with Gasteiger partial charge in [-0.3, -0.25) is 4.79 Å². The third-order valence-corrected chi connectivity index (χ3v) is 3.16. The van der Waals surface area contributed by atoms with Crippen LogP contribution in [-0.4, -0.2) is 28.4 Å². The first-order valence-corrected chi connectivity index (χ1v) is 6.56. The van der Waals surface area contributed by atoms with E-state index in [1.54, 1.807) is 13.0 Å². The zero-order valence-electron chi connectivity index (χ0n) is 10.7. The third-order valence-electron chi connectivity index (χ3n) is 2.85. The van der Waals surface area contributed by atoms with Gasteiger partial charge in [0.1, 0.15) is 0 Å². The maximum Gasteiger partial charge on any atom is 0.308 e. The van der Waals surface area contributed by atoms with Gasteiger partial charge in [0, 0.05) is 18.1 Å². The largest absolute Gasteiger partial charge is 0.466 e. The molecule has 5 heteroatoms. The molecule has 4 nitrogen and oxygen atoms in total. The minimum atomic E-state index is -0.786. The first-order chi connectivity index (χ1) is 9.11. The summed E-state index contributed by atoms with van der Waals surface area (Å²) >= 11 is 6.15. The summed E-state index contributed by atoms with van der Waals surface area (Å²) in [7, 11) is 0. The van der Waals surface area contributed by atoms with Gasteiger partial charge in [0.25, 0.3) is 0 Å². The molecule has 1 heterocycles. The summed E-state index contributed by atoms with van der Waals surface area (Å²) in [5.41, 5.74) is 0.868. The molecular weight excluding hydrogens is 266 g/mol. The molecule has 0 amide bonds. The number of hydrogen-bond acceptors (Lipinski definition) is 3. The fourth-order valence-corrected chi connectivity index (χ4v) is 2.36. The predicted molar refractivity (Wildman–Crippen MR) is 74.2 cm³/mol. The Morgan fingerprint density at radius 3 is 3.00 bits per heavy atom. The van der Waals surface area contributed by atoms with Crippen LogP contribution in [-0.2, 0) is 16.1 Å². The number of fused-ring (bicyclic) bond motifs is 1. The smallest absolute Gasteiger partial charge is 0.308 e. The second-order valence-corrected chi connectivity index (χ2v) is 4.72. The first kappa shape index (κ1) is 13.9. The van der Waals surface area contributed by atoms with E-state index in [1.165, 1.54) is 0 Å². The summed E-state index contributed by atoms with van der Waals surface area (Å²) in [5.74, 6) is -0.391. The van der Waals surface area contributed by atoms with Crippen LogP contribution < -0.4 is 0 Å². The second kappa shape index (κ2) is 6.08. The molecule has 1 N–H and O–H groups in total. The van der Waals surface area contributed by atoms with Gasteiger partial charge >= 0.3 is 5.97 Å². The molecule has 0 spiro atoms. The van der Waals surface area contributed by atoms with Crippen molar-refractivity contribution in [2.45, 2.75) is 26.0 Å². The van der Waals surface area contributed by atoms with E-state index in [2.05, 4.69) is 0 Å². The van der Waals surface area contributed by atoms with Crippen molar-refractivity contribution >= 4 is 28.5 Å². The van der Waals surface area contributed by atoms with Crippen LogP contribution in [0.4, 0.5) is 0 Å². The number of nitrogens with zero attached hydrogens (tertiary/aromatic N) is 1. The zero-order chi connectivity index (χ0) is 13.8. The van der Waals surface area contributed by atoms with Crippen LogP contribution in [0, 0.1) is 0 Å². The lowest BCUT2D eigenvalue weighted by molar-refractivity contribution is -0.145. The van der Waals surface area contributed by atoms with Gasteiger partial charge in [0.05, 0.1) is 29.7 Å². The highest BCUT2D eigenvalue weighted by Gasteiger charge is 2.14. The van der Waals surface area contributed by atoms with Gasteiger partial charge in [0.2, 0.25) is 0 Å². The lowest BCUT2D eigenvalue weighted by Crippen LogP contribution is -2.21. The summed E-state index contributed by atoms with van der Waals surface area (Å²) in [6, 6.07) is 7.57. The van der Waals surface area contributed by atoms with Gasteiger partial charge in [-0.1, -0.05) is 23.7 Å². The number of carbonyl (C=O) groups is 1. The van der Waals surface area contributed by atoms with E-state index in [0.29, 0.717) is 18.2 Å². The highest BCUT2D eigenvalue weighted by Crippen LogP contribution is 2.24. The van der Waals surface area contributed by atoms with E-state index in [0.717, 1.165) is 10.9 Å². The Bertz CT molecular complexity index is 579. The summed E-state index contributed by atoms with van der Waals surface area (Å²) in [6.07, 6.45) is 1.05. The number of esters is 1. The van der Waals surface area contributed by atoms with E-state index in [4.69, 9.17) is 16.3 Å². The number of aliphatic hydroxyl groups excluding tert-OH is 1. The molecule has 0 bridgehead atoms. The number of aromatic nitrogens is 1. The van der Waals surface area contributed by atoms with Crippen molar-refractivity contribution in [3.8, 4) is 0 Å². The van der Waals surface area contributed by atoms with Crippen molar-refractivity contribution in [3.05, 3.63) is 35.5 Å². The molecule has 0 aliphatic rings. The minimum absolute atomic E-state index is 0.0159. The summed E-state index contributed by atoms with van der Waals surface area (Å²) in [4.78, 5) is 11.3. The van der Waals surface area contributed by atoms with E-state index < -0.39 is 12.1 Å².